The molecule has 1 fully saturated rings. The quantitative estimate of drug-likeness (QED) is 0.735. The lowest BCUT2D eigenvalue weighted by atomic mass is 10.2. The van der Waals surface area contributed by atoms with Gasteiger partial charge < -0.3 is 9.64 Å². The van der Waals surface area contributed by atoms with E-state index in [2.05, 4.69) is 17.0 Å². The van der Waals surface area contributed by atoms with Crippen LogP contribution in [0.25, 0.3) is 0 Å². The monoisotopic (exact) mass is 220 g/mol. The van der Waals surface area contributed by atoms with E-state index in [0.29, 0.717) is 17.5 Å². The van der Waals surface area contributed by atoms with Gasteiger partial charge in [-0.2, -0.15) is 0 Å². The van der Waals surface area contributed by atoms with Crippen molar-refractivity contribution in [1.29, 1.82) is 0 Å². The summed E-state index contributed by atoms with van der Waals surface area (Å²) in [5, 5.41) is 2.98. The lowest BCUT2D eigenvalue weighted by Gasteiger charge is -2.24. The first-order valence-corrected chi connectivity index (χ1v) is 5.53. The summed E-state index contributed by atoms with van der Waals surface area (Å²) in [7, 11) is 1.60. The Morgan fingerprint density at radius 3 is 2.81 bits per heavy atom. The van der Waals surface area contributed by atoms with Crippen molar-refractivity contribution in [2.75, 3.05) is 18.6 Å². The molecule has 16 heavy (non-hydrogen) atoms. The molecule has 4 nitrogen and oxygen atoms in total. The molecule has 0 bridgehead atoms. The molecule has 1 aromatic rings. The predicted molar refractivity (Wildman–Crippen MR) is 64.5 cm³/mol. The lowest BCUT2D eigenvalue weighted by Crippen LogP contribution is -2.26. The molecule has 0 aliphatic carbocycles. The molecule has 2 rings (SSSR count). The number of rotatable bonds is 3. The van der Waals surface area contributed by atoms with Crippen molar-refractivity contribution >= 4 is 11.4 Å². The third-order valence-corrected chi connectivity index (χ3v) is 3.10. The second-order valence-electron chi connectivity index (χ2n) is 4.17. The fraction of sp³-hybridized carbons (Fsp3) is 0.500. The SMILES string of the molecule is COc1cc(N=O)cc(N2CCC[C@@H]2C)c1. The topological polar surface area (TPSA) is 41.9 Å². The number of nitroso groups, excluding NO2 is 1. The molecule has 0 N–H and O–H groups in total. The van der Waals surface area contributed by atoms with Crippen LogP contribution in [0.3, 0.4) is 0 Å². The molecule has 0 unspecified atom stereocenters. The number of benzene rings is 1. The smallest absolute Gasteiger partial charge is 0.123 e. The van der Waals surface area contributed by atoms with Crippen LogP contribution in [0.1, 0.15) is 19.8 Å². The van der Waals surface area contributed by atoms with Crippen molar-refractivity contribution in [1.82, 2.24) is 0 Å². The molecule has 0 saturated carbocycles. The molecular formula is C12H16N2O2. The van der Waals surface area contributed by atoms with E-state index in [1.54, 1.807) is 13.2 Å². The molecule has 4 heteroatoms. The largest absolute Gasteiger partial charge is 0.497 e. The van der Waals surface area contributed by atoms with Crippen LogP contribution >= 0.6 is 0 Å². The maximum absolute atomic E-state index is 10.6. The molecule has 1 saturated heterocycles. The van der Waals surface area contributed by atoms with Crippen molar-refractivity contribution in [3.05, 3.63) is 23.1 Å². The van der Waals surface area contributed by atoms with Gasteiger partial charge >= 0.3 is 0 Å². The zero-order valence-corrected chi connectivity index (χ0v) is 9.64. The van der Waals surface area contributed by atoms with Gasteiger partial charge in [0.15, 0.2) is 0 Å². The van der Waals surface area contributed by atoms with Crippen LogP contribution in [0, 0.1) is 4.91 Å². The summed E-state index contributed by atoms with van der Waals surface area (Å²) in [5.41, 5.74) is 1.45. The van der Waals surface area contributed by atoms with Crippen LogP contribution in [0.4, 0.5) is 11.4 Å². The van der Waals surface area contributed by atoms with Gasteiger partial charge in [0.2, 0.25) is 0 Å². The number of hydrogen-bond acceptors (Lipinski definition) is 4. The standard InChI is InChI=1S/C12H16N2O2/c1-9-4-3-5-14(9)11-6-10(13-15)7-12(8-11)16-2/h6-9H,3-5H2,1-2H3/t9-/m0/s1. The fourth-order valence-electron chi connectivity index (χ4n) is 2.22. The average Bonchev–Trinajstić information content (AvgIpc) is 2.74. The highest BCUT2D eigenvalue weighted by Crippen LogP contribution is 2.32. The summed E-state index contributed by atoms with van der Waals surface area (Å²) >= 11 is 0. The Labute approximate surface area is 95.2 Å². The first-order valence-electron chi connectivity index (χ1n) is 5.53. The van der Waals surface area contributed by atoms with Gasteiger partial charge in [0.25, 0.3) is 0 Å². The average molecular weight is 220 g/mol. The Balaban J connectivity index is 2.35. The van der Waals surface area contributed by atoms with Crippen molar-refractivity contribution in [3.8, 4) is 5.75 Å². The first kappa shape index (κ1) is 10.9. The lowest BCUT2D eigenvalue weighted by molar-refractivity contribution is 0.415. The van der Waals surface area contributed by atoms with Gasteiger partial charge in [-0.15, -0.1) is 4.91 Å². The molecule has 1 aliphatic heterocycles. The van der Waals surface area contributed by atoms with Gasteiger partial charge in [0.05, 0.1) is 7.11 Å². The molecule has 0 amide bonds. The van der Waals surface area contributed by atoms with Gasteiger partial charge in [-0.05, 0) is 31.0 Å². The third kappa shape index (κ3) is 2.01. The summed E-state index contributed by atoms with van der Waals surface area (Å²) in [6, 6.07) is 5.94. The molecule has 0 radical (unpaired) electrons. The van der Waals surface area contributed by atoms with Crippen molar-refractivity contribution in [3.63, 3.8) is 0 Å². The van der Waals surface area contributed by atoms with Gasteiger partial charge in [-0.3, -0.25) is 0 Å². The van der Waals surface area contributed by atoms with E-state index in [9.17, 15) is 4.91 Å². The zero-order chi connectivity index (χ0) is 11.5. The fourth-order valence-corrected chi connectivity index (χ4v) is 2.22. The van der Waals surface area contributed by atoms with Crippen LogP contribution in [-0.2, 0) is 0 Å². The molecule has 1 aromatic carbocycles. The normalized spacial score (nSPS) is 19.9. The van der Waals surface area contributed by atoms with Crippen LogP contribution in [0.5, 0.6) is 5.75 Å². The Morgan fingerprint density at radius 2 is 2.25 bits per heavy atom. The number of nitrogens with zero attached hydrogens (tertiary/aromatic N) is 2. The van der Waals surface area contributed by atoms with Gasteiger partial charge in [-0.1, -0.05) is 0 Å². The summed E-state index contributed by atoms with van der Waals surface area (Å²) in [6.45, 7) is 3.23. The Morgan fingerprint density at radius 1 is 1.44 bits per heavy atom. The van der Waals surface area contributed by atoms with E-state index < -0.39 is 0 Å². The zero-order valence-electron chi connectivity index (χ0n) is 9.64. The number of methoxy groups -OCH3 is 1. The van der Waals surface area contributed by atoms with E-state index in [1.807, 2.05) is 12.1 Å². The summed E-state index contributed by atoms with van der Waals surface area (Å²) in [6.07, 6.45) is 2.39. The van der Waals surface area contributed by atoms with Crippen LogP contribution in [0.15, 0.2) is 23.4 Å². The van der Waals surface area contributed by atoms with Crippen molar-refractivity contribution in [2.24, 2.45) is 5.18 Å². The van der Waals surface area contributed by atoms with Crippen LogP contribution < -0.4 is 9.64 Å². The highest BCUT2D eigenvalue weighted by atomic mass is 16.5. The number of ether oxygens (including phenoxy) is 1. The number of hydrogen-bond donors (Lipinski definition) is 0. The first-order chi connectivity index (χ1) is 7.74. The molecule has 1 heterocycles. The second-order valence-corrected chi connectivity index (χ2v) is 4.17. The van der Waals surface area contributed by atoms with Crippen molar-refractivity contribution in [2.45, 2.75) is 25.8 Å². The Bertz CT molecular complexity index is 393. The minimum atomic E-state index is 0.424. The van der Waals surface area contributed by atoms with Crippen LogP contribution in [-0.4, -0.2) is 19.7 Å². The molecule has 0 aromatic heterocycles. The minimum Gasteiger partial charge on any atom is -0.497 e. The van der Waals surface area contributed by atoms with E-state index in [4.69, 9.17) is 4.74 Å². The van der Waals surface area contributed by atoms with Gasteiger partial charge in [-0.25, -0.2) is 0 Å². The van der Waals surface area contributed by atoms with Gasteiger partial charge in [0, 0.05) is 30.4 Å². The highest BCUT2D eigenvalue weighted by molar-refractivity contribution is 5.61. The number of anilines is 1. The molecule has 1 atom stereocenters. The second kappa shape index (κ2) is 4.51. The third-order valence-electron chi connectivity index (χ3n) is 3.10. The minimum absolute atomic E-state index is 0.424. The Hall–Kier alpha value is -1.58. The maximum atomic E-state index is 10.6. The van der Waals surface area contributed by atoms with E-state index in [0.717, 1.165) is 12.2 Å². The van der Waals surface area contributed by atoms with E-state index >= 15 is 0 Å². The summed E-state index contributed by atoms with van der Waals surface area (Å²) in [5.74, 6) is 0.686. The summed E-state index contributed by atoms with van der Waals surface area (Å²) < 4.78 is 5.17. The Kier molecular flexibility index (Phi) is 3.08. The van der Waals surface area contributed by atoms with Gasteiger partial charge in [0.1, 0.15) is 11.4 Å². The summed E-state index contributed by atoms with van der Waals surface area (Å²) in [4.78, 5) is 12.9. The maximum Gasteiger partial charge on any atom is 0.123 e. The molecule has 0 spiro atoms. The molecule has 86 valence electrons. The van der Waals surface area contributed by atoms with Crippen LogP contribution in [0.2, 0.25) is 0 Å². The van der Waals surface area contributed by atoms with E-state index in [-0.39, 0.29) is 0 Å². The predicted octanol–water partition coefficient (Wildman–Crippen LogP) is 3.08. The van der Waals surface area contributed by atoms with Crippen molar-refractivity contribution < 1.29 is 4.74 Å². The molecule has 1 aliphatic rings. The van der Waals surface area contributed by atoms with E-state index in [1.165, 1.54) is 12.8 Å². The molecular weight excluding hydrogens is 204 g/mol. The highest BCUT2D eigenvalue weighted by Gasteiger charge is 2.21.